The molecule has 2 aromatic rings. The van der Waals surface area contributed by atoms with E-state index in [2.05, 4.69) is 4.99 Å². The maximum Gasteiger partial charge on any atom is 0.343 e. The molecule has 6 nitrogen and oxygen atoms in total. The highest BCUT2D eigenvalue weighted by Crippen LogP contribution is 2.41. The molecule has 0 unspecified atom stereocenters. The van der Waals surface area contributed by atoms with Gasteiger partial charge in [0, 0.05) is 24.4 Å². The number of nitrogens with two attached hydrogens (primary N) is 1. The van der Waals surface area contributed by atoms with Gasteiger partial charge in [-0.2, -0.15) is 0 Å². The summed E-state index contributed by atoms with van der Waals surface area (Å²) in [4.78, 5) is 19.4. The fourth-order valence-corrected chi connectivity index (χ4v) is 4.72. The molecule has 32 heavy (non-hydrogen) atoms. The average Bonchev–Trinajstić information content (AvgIpc) is 3.51. The predicted molar refractivity (Wildman–Crippen MR) is 120 cm³/mol. The van der Waals surface area contributed by atoms with Gasteiger partial charge in [0.25, 0.3) is 0 Å². The van der Waals surface area contributed by atoms with E-state index in [9.17, 15) is 14.3 Å². The van der Waals surface area contributed by atoms with Gasteiger partial charge in [-0.15, -0.1) is 0 Å². The van der Waals surface area contributed by atoms with Crippen molar-refractivity contribution in [1.82, 2.24) is 4.90 Å². The van der Waals surface area contributed by atoms with E-state index in [1.165, 1.54) is 6.07 Å². The van der Waals surface area contributed by atoms with Gasteiger partial charge in [0.15, 0.2) is 11.6 Å². The largest absolute Gasteiger partial charge is 0.458 e. The molecule has 1 aliphatic carbocycles. The van der Waals surface area contributed by atoms with Crippen molar-refractivity contribution in [3.63, 3.8) is 0 Å². The Kier molecular flexibility index (Phi) is 6.74. The summed E-state index contributed by atoms with van der Waals surface area (Å²) in [6.07, 6.45) is 3.80. The Morgan fingerprint density at radius 3 is 2.53 bits per heavy atom. The number of hydrogen-bond acceptors (Lipinski definition) is 4. The van der Waals surface area contributed by atoms with E-state index in [-0.39, 0.29) is 24.4 Å². The summed E-state index contributed by atoms with van der Waals surface area (Å²) in [5, 5.41) is 11.6. The summed E-state index contributed by atoms with van der Waals surface area (Å²) >= 11 is 0. The minimum Gasteiger partial charge on any atom is -0.458 e. The fourth-order valence-electron chi connectivity index (χ4n) is 4.72. The van der Waals surface area contributed by atoms with Crippen LogP contribution >= 0.6 is 0 Å². The van der Waals surface area contributed by atoms with Gasteiger partial charge >= 0.3 is 5.97 Å². The van der Waals surface area contributed by atoms with Gasteiger partial charge in [0.1, 0.15) is 11.9 Å². The van der Waals surface area contributed by atoms with Gasteiger partial charge in [-0.1, -0.05) is 61.4 Å². The third kappa shape index (κ3) is 4.63. The van der Waals surface area contributed by atoms with Crippen LogP contribution in [0.25, 0.3) is 0 Å². The molecule has 2 aliphatic rings. The maximum absolute atomic E-state index is 13.8. The Morgan fingerprint density at radius 2 is 1.81 bits per heavy atom. The summed E-state index contributed by atoms with van der Waals surface area (Å²) in [6, 6.07) is 15.5. The summed E-state index contributed by atoms with van der Waals surface area (Å²) < 4.78 is 19.6. The maximum atomic E-state index is 13.8. The summed E-state index contributed by atoms with van der Waals surface area (Å²) in [7, 11) is 0. The molecule has 1 aliphatic heterocycles. The number of guanidine groups is 1. The highest BCUT2D eigenvalue weighted by atomic mass is 19.1. The van der Waals surface area contributed by atoms with E-state index in [4.69, 9.17) is 10.5 Å². The molecule has 0 radical (unpaired) electrons. The Balaban J connectivity index is 1.41. The summed E-state index contributed by atoms with van der Waals surface area (Å²) in [6.45, 7) is 1.13. The first-order valence-corrected chi connectivity index (χ1v) is 11.3. The molecular weight excluding hydrogens is 409 g/mol. The Hall–Kier alpha value is -2.93. The molecule has 2 aromatic carbocycles. The lowest BCUT2D eigenvalue weighted by molar-refractivity contribution is -0.178. The molecule has 1 saturated heterocycles. The number of aliphatic imine (C=N–C) groups is 1. The second kappa shape index (κ2) is 9.69. The van der Waals surface area contributed by atoms with Crippen LogP contribution in [0, 0.1) is 11.7 Å². The van der Waals surface area contributed by atoms with Crippen molar-refractivity contribution in [2.45, 2.75) is 50.4 Å². The zero-order valence-electron chi connectivity index (χ0n) is 18.1. The Bertz CT molecular complexity index is 962. The van der Waals surface area contributed by atoms with Crippen LogP contribution in [0.4, 0.5) is 4.39 Å². The molecular formula is C25H30FN3O3. The van der Waals surface area contributed by atoms with Gasteiger partial charge in [-0.3, -0.25) is 0 Å². The zero-order chi connectivity index (χ0) is 22.6. The number of ether oxygens (including phenoxy) is 1. The lowest BCUT2D eigenvalue weighted by atomic mass is 9.80. The molecule has 0 aromatic heterocycles. The number of carbonyl (C=O) groups is 1. The predicted octanol–water partition coefficient (Wildman–Crippen LogP) is 3.34. The van der Waals surface area contributed by atoms with E-state index in [1.807, 2.05) is 23.1 Å². The van der Waals surface area contributed by atoms with Gasteiger partial charge in [-0.25, -0.2) is 14.2 Å². The number of benzene rings is 2. The highest BCUT2D eigenvalue weighted by molar-refractivity contribution is 5.82. The molecule has 3 N–H and O–H groups in total. The Labute approximate surface area is 187 Å². The second-order valence-electron chi connectivity index (χ2n) is 8.64. The van der Waals surface area contributed by atoms with Gasteiger partial charge in [0.05, 0.1) is 13.1 Å². The molecule has 1 saturated carbocycles. The van der Waals surface area contributed by atoms with Crippen molar-refractivity contribution < 1.29 is 19.0 Å². The number of rotatable bonds is 6. The van der Waals surface area contributed by atoms with E-state index in [0.29, 0.717) is 36.6 Å². The van der Waals surface area contributed by atoms with Crippen molar-refractivity contribution in [2.75, 3.05) is 13.1 Å². The number of carbonyl (C=O) groups excluding carboxylic acids is 1. The third-order valence-electron chi connectivity index (χ3n) is 6.58. The first kappa shape index (κ1) is 22.3. The fraction of sp³-hybridized carbons (Fsp3) is 0.440. The van der Waals surface area contributed by atoms with E-state index in [1.54, 1.807) is 30.3 Å². The summed E-state index contributed by atoms with van der Waals surface area (Å²) in [5.74, 6) is -0.767. The molecule has 4 rings (SSSR count). The monoisotopic (exact) mass is 439 g/mol. The van der Waals surface area contributed by atoms with Crippen molar-refractivity contribution >= 4 is 11.9 Å². The van der Waals surface area contributed by atoms with Crippen molar-refractivity contribution in [2.24, 2.45) is 16.6 Å². The first-order chi connectivity index (χ1) is 15.5. The van der Waals surface area contributed by atoms with Crippen LogP contribution < -0.4 is 5.73 Å². The van der Waals surface area contributed by atoms with Crippen LogP contribution in [0.1, 0.15) is 43.2 Å². The molecule has 0 amide bonds. The van der Waals surface area contributed by atoms with Crippen LogP contribution in [0.15, 0.2) is 59.6 Å². The first-order valence-electron chi connectivity index (χ1n) is 11.3. The standard InChI is InChI=1S/C25H30FN3O3/c26-22-13-7-4-8-18(22)16-28-24(27)29-15-14-21(17-29)32-23(30)25(31,20-11-5-6-12-20)19-9-2-1-3-10-19/h1-4,7-10,13,20-21,31H,5-6,11-12,14-17H2,(H2,27,28)/t21-,25+/m1/s1. The molecule has 7 heteroatoms. The smallest absolute Gasteiger partial charge is 0.343 e. The van der Waals surface area contributed by atoms with Crippen molar-refractivity contribution in [3.8, 4) is 0 Å². The van der Waals surface area contributed by atoms with Crippen molar-refractivity contribution in [1.29, 1.82) is 0 Å². The molecule has 0 bridgehead atoms. The quantitative estimate of drug-likeness (QED) is 0.410. The zero-order valence-corrected chi connectivity index (χ0v) is 18.1. The normalized spacial score (nSPS) is 21.5. The molecule has 1 heterocycles. The molecule has 0 spiro atoms. The third-order valence-corrected chi connectivity index (χ3v) is 6.58. The number of hydrogen-bond donors (Lipinski definition) is 2. The van der Waals surface area contributed by atoms with Crippen LogP contribution in [0.3, 0.4) is 0 Å². The Morgan fingerprint density at radius 1 is 1.12 bits per heavy atom. The number of aliphatic hydroxyl groups is 1. The van der Waals surface area contributed by atoms with E-state index >= 15 is 0 Å². The SMILES string of the molecule is NC(=NCc1ccccc1F)N1CC[C@@H](OC(=O)[C@](O)(c2ccccc2)C2CCCC2)C1. The van der Waals surface area contributed by atoms with Gasteiger partial charge < -0.3 is 20.5 Å². The second-order valence-corrected chi connectivity index (χ2v) is 8.64. The number of halogens is 1. The van der Waals surface area contributed by atoms with E-state index in [0.717, 1.165) is 25.7 Å². The lowest BCUT2D eigenvalue weighted by Crippen LogP contribution is -2.45. The average molecular weight is 440 g/mol. The minimum atomic E-state index is -1.64. The van der Waals surface area contributed by atoms with Crippen LogP contribution in [-0.4, -0.2) is 41.1 Å². The molecule has 2 fully saturated rings. The number of esters is 1. The highest BCUT2D eigenvalue weighted by Gasteiger charge is 2.48. The van der Waals surface area contributed by atoms with E-state index < -0.39 is 11.6 Å². The molecule has 2 atom stereocenters. The van der Waals surface area contributed by atoms with Crippen LogP contribution in [-0.2, 0) is 21.7 Å². The van der Waals surface area contributed by atoms with Gasteiger partial charge in [0.2, 0.25) is 0 Å². The van der Waals surface area contributed by atoms with Crippen LogP contribution in [0.2, 0.25) is 0 Å². The number of likely N-dealkylation sites (tertiary alicyclic amines) is 1. The van der Waals surface area contributed by atoms with Gasteiger partial charge in [-0.05, 0) is 24.5 Å². The molecule has 170 valence electrons. The summed E-state index contributed by atoms with van der Waals surface area (Å²) in [5.41, 5.74) is 5.52. The number of nitrogens with zero attached hydrogens (tertiary/aromatic N) is 2. The van der Waals surface area contributed by atoms with Crippen molar-refractivity contribution in [3.05, 3.63) is 71.5 Å². The lowest BCUT2D eigenvalue weighted by Gasteiger charge is -2.33. The minimum absolute atomic E-state index is 0.148. The van der Waals surface area contributed by atoms with Crippen LogP contribution in [0.5, 0.6) is 0 Å². The topological polar surface area (TPSA) is 88.1 Å².